The molecule has 4 heteroatoms. The maximum atomic E-state index is 11.8. The summed E-state index contributed by atoms with van der Waals surface area (Å²) in [5.74, 6) is 1.60. The van der Waals surface area contributed by atoms with Gasteiger partial charge in [-0.15, -0.1) is 11.3 Å². The SMILES string of the molecule is CCC1CCN(c2sc(C(C)=O)c(N)c2C2CC2)CC1. The molecule has 0 unspecified atom stereocenters. The van der Waals surface area contributed by atoms with Gasteiger partial charge in [-0.05, 0) is 37.5 Å². The minimum Gasteiger partial charge on any atom is -0.397 e. The second-order valence-corrected chi connectivity index (χ2v) is 7.23. The summed E-state index contributed by atoms with van der Waals surface area (Å²) in [6.45, 7) is 6.16. The van der Waals surface area contributed by atoms with Gasteiger partial charge in [0.25, 0.3) is 0 Å². The molecule has 1 aromatic rings. The van der Waals surface area contributed by atoms with Crippen molar-refractivity contribution in [3.05, 3.63) is 10.4 Å². The highest BCUT2D eigenvalue weighted by atomic mass is 32.1. The molecular weight excluding hydrogens is 268 g/mol. The summed E-state index contributed by atoms with van der Waals surface area (Å²) in [5, 5.41) is 1.30. The summed E-state index contributed by atoms with van der Waals surface area (Å²) in [7, 11) is 0. The first-order chi connectivity index (χ1) is 9.61. The van der Waals surface area contributed by atoms with E-state index in [-0.39, 0.29) is 5.78 Å². The van der Waals surface area contributed by atoms with Gasteiger partial charge in [0.1, 0.15) is 0 Å². The van der Waals surface area contributed by atoms with Crippen LogP contribution in [0.3, 0.4) is 0 Å². The van der Waals surface area contributed by atoms with Gasteiger partial charge in [-0.25, -0.2) is 0 Å². The number of carbonyl (C=O) groups is 1. The van der Waals surface area contributed by atoms with Crippen LogP contribution in [0.15, 0.2) is 0 Å². The van der Waals surface area contributed by atoms with Crippen LogP contribution >= 0.6 is 11.3 Å². The Morgan fingerprint density at radius 3 is 2.45 bits per heavy atom. The lowest BCUT2D eigenvalue weighted by Gasteiger charge is -2.33. The largest absolute Gasteiger partial charge is 0.397 e. The number of thiophene rings is 1. The minimum atomic E-state index is 0.115. The zero-order valence-corrected chi connectivity index (χ0v) is 13.3. The van der Waals surface area contributed by atoms with Crippen LogP contribution in [-0.4, -0.2) is 18.9 Å². The van der Waals surface area contributed by atoms with E-state index in [0.717, 1.165) is 29.6 Å². The molecule has 1 saturated carbocycles. The van der Waals surface area contributed by atoms with Gasteiger partial charge in [-0.1, -0.05) is 13.3 Å². The second kappa shape index (κ2) is 5.40. The van der Waals surface area contributed by atoms with Crippen LogP contribution in [0.2, 0.25) is 0 Å². The molecule has 2 fully saturated rings. The van der Waals surface area contributed by atoms with Crippen molar-refractivity contribution in [2.24, 2.45) is 5.92 Å². The predicted octanol–water partition coefficient (Wildman–Crippen LogP) is 4.04. The fourth-order valence-corrected chi connectivity index (χ4v) is 4.51. The zero-order valence-electron chi connectivity index (χ0n) is 12.4. The maximum Gasteiger partial charge on any atom is 0.171 e. The van der Waals surface area contributed by atoms with Crippen molar-refractivity contribution in [2.75, 3.05) is 23.7 Å². The monoisotopic (exact) mass is 292 g/mol. The van der Waals surface area contributed by atoms with Gasteiger partial charge < -0.3 is 10.6 Å². The lowest BCUT2D eigenvalue weighted by Crippen LogP contribution is -2.33. The van der Waals surface area contributed by atoms with E-state index in [1.165, 1.54) is 42.7 Å². The molecule has 1 saturated heterocycles. The molecule has 3 rings (SSSR count). The van der Waals surface area contributed by atoms with Crippen molar-refractivity contribution in [1.29, 1.82) is 0 Å². The molecule has 0 amide bonds. The van der Waals surface area contributed by atoms with Gasteiger partial charge in [0, 0.05) is 25.6 Å². The number of carbonyl (C=O) groups excluding carboxylic acids is 1. The molecule has 3 nitrogen and oxygen atoms in total. The number of nitrogens with zero attached hydrogens (tertiary/aromatic N) is 1. The second-order valence-electron chi connectivity index (χ2n) is 6.23. The minimum absolute atomic E-state index is 0.115. The summed E-state index contributed by atoms with van der Waals surface area (Å²) >= 11 is 1.63. The quantitative estimate of drug-likeness (QED) is 0.852. The van der Waals surface area contributed by atoms with E-state index < -0.39 is 0 Å². The molecule has 0 atom stereocenters. The number of piperidine rings is 1. The Kier molecular flexibility index (Phi) is 3.76. The van der Waals surface area contributed by atoms with Crippen molar-refractivity contribution < 1.29 is 4.79 Å². The molecule has 0 spiro atoms. The molecule has 1 aliphatic heterocycles. The Morgan fingerprint density at radius 1 is 1.30 bits per heavy atom. The van der Waals surface area contributed by atoms with Gasteiger partial charge in [0.2, 0.25) is 0 Å². The molecule has 20 heavy (non-hydrogen) atoms. The Balaban J connectivity index is 1.89. The summed E-state index contributed by atoms with van der Waals surface area (Å²) < 4.78 is 0. The number of nitrogen functional groups attached to an aromatic ring is 1. The van der Waals surface area contributed by atoms with Gasteiger partial charge >= 0.3 is 0 Å². The Bertz CT molecular complexity index is 511. The van der Waals surface area contributed by atoms with Crippen LogP contribution in [0.4, 0.5) is 10.7 Å². The van der Waals surface area contributed by atoms with Crippen molar-refractivity contribution in [3.8, 4) is 0 Å². The topological polar surface area (TPSA) is 46.3 Å². The third-order valence-corrected chi connectivity index (χ3v) is 6.13. The van der Waals surface area contributed by atoms with Crippen LogP contribution in [0.5, 0.6) is 0 Å². The summed E-state index contributed by atoms with van der Waals surface area (Å²) in [5.41, 5.74) is 8.33. The average Bonchev–Trinajstić information content (AvgIpc) is 3.22. The van der Waals surface area contributed by atoms with Crippen LogP contribution in [-0.2, 0) is 0 Å². The van der Waals surface area contributed by atoms with Crippen LogP contribution in [0, 0.1) is 5.92 Å². The smallest absolute Gasteiger partial charge is 0.171 e. The molecule has 0 radical (unpaired) electrons. The lowest BCUT2D eigenvalue weighted by molar-refractivity contribution is 0.102. The Labute approximate surface area is 125 Å². The van der Waals surface area contributed by atoms with Crippen LogP contribution < -0.4 is 10.6 Å². The summed E-state index contributed by atoms with van der Waals surface area (Å²) in [6.07, 6.45) is 6.30. The number of Topliss-reactive ketones (excluding diaryl/α,β-unsaturated/α-hetero) is 1. The first-order valence-corrected chi connectivity index (χ1v) is 8.61. The van der Waals surface area contributed by atoms with E-state index in [1.807, 2.05) is 0 Å². The maximum absolute atomic E-state index is 11.8. The van der Waals surface area contributed by atoms with E-state index in [1.54, 1.807) is 18.3 Å². The van der Waals surface area contributed by atoms with Crippen molar-refractivity contribution in [2.45, 2.75) is 51.9 Å². The first kappa shape index (κ1) is 13.9. The van der Waals surface area contributed by atoms with E-state index in [4.69, 9.17) is 5.73 Å². The van der Waals surface area contributed by atoms with Crippen LogP contribution in [0.1, 0.15) is 67.1 Å². The van der Waals surface area contributed by atoms with Crippen molar-refractivity contribution in [3.63, 3.8) is 0 Å². The number of anilines is 2. The van der Waals surface area contributed by atoms with E-state index in [2.05, 4.69) is 11.8 Å². The Hall–Kier alpha value is -1.03. The number of nitrogens with two attached hydrogens (primary N) is 1. The number of rotatable bonds is 4. The molecule has 1 aliphatic carbocycles. The molecule has 110 valence electrons. The fraction of sp³-hybridized carbons (Fsp3) is 0.688. The van der Waals surface area contributed by atoms with E-state index in [0.29, 0.717) is 5.92 Å². The normalized spacial score (nSPS) is 20.4. The molecule has 1 aromatic heterocycles. The molecule has 0 aromatic carbocycles. The Morgan fingerprint density at radius 2 is 1.95 bits per heavy atom. The van der Waals surface area contributed by atoms with E-state index >= 15 is 0 Å². The third kappa shape index (κ3) is 2.46. The number of hydrogen-bond acceptors (Lipinski definition) is 4. The van der Waals surface area contributed by atoms with Crippen molar-refractivity contribution in [1.82, 2.24) is 0 Å². The highest BCUT2D eigenvalue weighted by Gasteiger charge is 2.34. The van der Waals surface area contributed by atoms with Gasteiger partial charge in [-0.3, -0.25) is 4.79 Å². The number of ketones is 1. The fourth-order valence-electron chi connectivity index (χ4n) is 3.25. The molecule has 2 aliphatic rings. The lowest BCUT2D eigenvalue weighted by atomic mass is 9.94. The molecule has 0 bridgehead atoms. The van der Waals surface area contributed by atoms with Gasteiger partial charge in [0.05, 0.1) is 15.6 Å². The van der Waals surface area contributed by atoms with Gasteiger partial charge in [0.15, 0.2) is 5.78 Å². The predicted molar refractivity (Wildman–Crippen MR) is 85.9 cm³/mol. The third-order valence-electron chi connectivity index (χ3n) is 4.75. The van der Waals surface area contributed by atoms with E-state index in [9.17, 15) is 4.79 Å². The molecule has 2 N–H and O–H groups in total. The average molecular weight is 292 g/mol. The van der Waals surface area contributed by atoms with Crippen LogP contribution in [0.25, 0.3) is 0 Å². The molecule has 2 heterocycles. The highest BCUT2D eigenvalue weighted by molar-refractivity contribution is 7.18. The van der Waals surface area contributed by atoms with Gasteiger partial charge in [-0.2, -0.15) is 0 Å². The molecular formula is C16H24N2OS. The summed E-state index contributed by atoms with van der Waals surface area (Å²) in [4.78, 5) is 15.0. The zero-order chi connectivity index (χ0) is 14.3. The first-order valence-electron chi connectivity index (χ1n) is 7.79. The standard InChI is InChI=1S/C16H24N2OS/c1-3-11-6-8-18(9-7-11)16-13(12-4-5-12)14(17)15(20-16)10(2)19/h11-12H,3-9,17H2,1-2H3. The highest BCUT2D eigenvalue weighted by Crippen LogP contribution is 2.52. The number of hydrogen-bond donors (Lipinski definition) is 1. The summed E-state index contributed by atoms with van der Waals surface area (Å²) in [6, 6.07) is 0. The van der Waals surface area contributed by atoms with Crippen molar-refractivity contribution >= 4 is 27.8 Å².